The van der Waals surface area contributed by atoms with Crippen LogP contribution in [0.15, 0.2) is 0 Å². The van der Waals surface area contributed by atoms with Crippen LogP contribution >= 0.6 is 11.6 Å². The number of halogens is 1. The third-order valence-electron chi connectivity index (χ3n) is 3.18. The lowest BCUT2D eigenvalue weighted by molar-refractivity contribution is -0.147. The van der Waals surface area contributed by atoms with Crippen LogP contribution in [0, 0.1) is 6.92 Å². The van der Waals surface area contributed by atoms with E-state index in [1.165, 1.54) is 0 Å². The Bertz CT molecular complexity index is 461. The summed E-state index contributed by atoms with van der Waals surface area (Å²) in [5.74, 6) is -0.00555. The Morgan fingerprint density at radius 1 is 1.63 bits per heavy atom. The summed E-state index contributed by atoms with van der Waals surface area (Å²) in [6.45, 7) is 4.41. The average Bonchev–Trinajstić information content (AvgIpc) is 2.70. The van der Waals surface area contributed by atoms with E-state index >= 15 is 0 Å². The number of carbonyl (C=O) groups excluding carboxylic acids is 1. The molecule has 1 saturated heterocycles. The van der Waals surface area contributed by atoms with E-state index in [4.69, 9.17) is 16.3 Å². The van der Waals surface area contributed by atoms with Crippen LogP contribution in [-0.2, 0) is 16.1 Å². The Morgan fingerprint density at radius 2 is 2.37 bits per heavy atom. The highest BCUT2D eigenvalue weighted by Gasteiger charge is 2.28. The van der Waals surface area contributed by atoms with Crippen LogP contribution in [0.1, 0.15) is 11.4 Å². The van der Waals surface area contributed by atoms with Gasteiger partial charge in [0.1, 0.15) is 6.10 Å². The largest absolute Gasteiger partial charge is 0.366 e. The first kappa shape index (κ1) is 14.3. The van der Waals surface area contributed by atoms with Crippen molar-refractivity contribution in [3.8, 4) is 0 Å². The maximum atomic E-state index is 11.9. The molecule has 0 aliphatic carbocycles. The summed E-state index contributed by atoms with van der Waals surface area (Å²) in [6.07, 6.45) is -0.400. The molecule has 1 aromatic rings. The van der Waals surface area contributed by atoms with Gasteiger partial charge in [-0.2, -0.15) is 5.10 Å². The zero-order chi connectivity index (χ0) is 14.0. The first-order valence-electron chi connectivity index (χ1n) is 6.23. The molecule has 1 amide bonds. The fourth-order valence-corrected chi connectivity index (χ4v) is 2.21. The van der Waals surface area contributed by atoms with Gasteiger partial charge in [-0.3, -0.25) is 14.8 Å². The molecule has 6 nitrogen and oxygen atoms in total. The zero-order valence-corrected chi connectivity index (χ0v) is 12.2. The number of nitrogens with zero attached hydrogens (tertiary/aromatic N) is 3. The van der Waals surface area contributed by atoms with E-state index in [0.717, 1.165) is 17.9 Å². The Morgan fingerprint density at radius 3 is 2.95 bits per heavy atom. The van der Waals surface area contributed by atoms with Crippen molar-refractivity contribution in [1.29, 1.82) is 0 Å². The van der Waals surface area contributed by atoms with Crippen molar-refractivity contribution in [2.75, 3.05) is 33.8 Å². The fourth-order valence-electron chi connectivity index (χ4n) is 2.07. The molecular weight excluding hydrogens is 268 g/mol. The van der Waals surface area contributed by atoms with Crippen LogP contribution in [0.3, 0.4) is 0 Å². The van der Waals surface area contributed by atoms with Crippen LogP contribution in [0.4, 0.5) is 0 Å². The normalized spacial score (nSPS) is 20.5. The van der Waals surface area contributed by atoms with Crippen molar-refractivity contribution in [1.82, 2.24) is 20.0 Å². The number of rotatable bonds is 3. The molecule has 19 heavy (non-hydrogen) atoms. The standard InChI is InChI=1S/C12H19ClN4O2/c1-8-11(13)9(15-14-8)6-17-4-5-19-10(7-17)12(18)16(2)3/h10H,4-7H2,1-3H3,(H,14,15). The summed E-state index contributed by atoms with van der Waals surface area (Å²) in [7, 11) is 3.47. The van der Waals surface area contributed by atoms with Gasteiger partial charge < -0.3 is 9.64 Å². The quantitative estimate of drug-likeness (QED) is 0.887. The van der Waals surface area contributed by atoms with Crippen LogP contribution in [0.25, 0.3) is 0 Å². The molecule has 1 aliphatic heterocycles. The SMILES string of the molecule is Cc1[nH]nc(CN2CCOC(C(=O)N(C)C)C2)c1Cl. The molecule has 1 aromatic heterocycles. The van der Waals surface area contributed by atoms with Crippen LogP contribution in [0.5, 0.6) is 0 Å². The Hall–Kier alpha value is -1.11. The molecule has 1 fully saturated rings. The molecule has 2 heterocycles. The van der Waals surface area contributed by atoms with Gasteiger partial charge in [0.05, 0.1) is 23.0 Å². The van der Waals surface area contributed by atoms with Crippen molar-refractivity contribution in [2.45, 2.75) is 19.6 Å². The number of aryl methyl sites for hydroxylation is 1. The molecule has 1 unspecified atom stereocenters. The summed E-state index contributed by atoms with van der Waals surface area (Å²) in [6, 6.07) is 0. The predicted molar refractivity (Wildman–Crippen MR) is 72.0 cm³/mol. The summed E-state index contributed by atoms with van der Waals surface area (Å²) < 4.78 is 5.51. The fraction of sp³-hybridized carbons (Fsp3) is 0.667. The van der Waals surface area contributed by atoms with Gasteiger partial charge in [0.25, 0.3) is 5.91 Å². The second kappa shape index (κ2) is 5.90. The number of hydrogen-bond acceptors (Lipinski definition) is 4. The smallest absolute Gasteiger partial charge is 0.252 e. The minimum absolute atomic E-state index is 0.00555. The first-order chi connectivity index (χ1) is 8.99. The maximum absolute atomic E-state index is 11.9. The summed E-state index contributed by atoms with van der Waals surface area (Å²) in [5, 5.41) is 7.71. The minimum Gasteiger partial charge on any atom is -0.366 e. The van der Waals surface area contributed by atoms with E-state index in [1.807, 2.05) is 6.92 Å². The van der Waals surface area contributed by atoms with Crippen molar-refractivity contribution in [3.05, 3.63) is 16.4 Å². The van der Waals surface area contributed by atoms with E-state index in [1.54, 1.807) is 19.0 Å². The number of morpholine rings is 1. The molecule has 7 heteroatoms. The highest BCUT2D eigenvalue weighted by molar-refractivity contribution is 6.31. The Labute approximate surface area is 117 Å². The van der Waals surface area contributed by atoms with Gasteiger partial charge >= 0.3 is 0 Å². The van der Waals surface area contributed by atoms with Gasteiger partial charge in [-0.05, 0) is 6.92 Å². The number of carbonyl (C=O) groups is 1. The third-order valence-corrected chi connectivity index (χ3v) is 3.68. The van der Waals surface area contributed by atoms with Gasteiger partial charge in [0, 0.05) is 33.7 Å². The number of amides is 1. The summed E-state index contributed by atoms with van der Waals surface area (Å²) >= 11 is 6.15. The van der Waals surface area contributed by atoms with E-state index < -0.39 is 6.10 Å². The summed E-state index contributed by atoms with van der Waals surface area (Å²) in [5.41, 5.74) is 1.68. The maximum Gasteiger partial charge on any atom is 0.252 e. The first-order valence-corrected chi connectivity index (χ1v) is 6.61. The van der Waals surface area contributed by atoms with Gasteiger partial charge in [0.2, 0.25) is 0 Å². The second-order valence-corrected chi connectivity index (χ2v) is 5.31. The zero-order valence-electron chi connectivity index (χ0n) is 11.4. The summed E-state index contributed by atoms with van der Waals surface area (Å²) in [4.78, 5) is 15.6. The second-order valence-electron chi connectivity index (χ2n) is 4.94. The number of ether oxygens (including phenoxy) is 1. The molecule has 1 N–H and O–H groups in total. The molecule has 0 aromatic carbocycles. The van der Waals surface area contributed by atoms with E-state index in [0.29, 0.717) is 24.7 Å². The van der Waals surface area contributed by atoms with Crippen molar-refractivity contribution < 1.29 is 9.53 Å². The van der Waals surface area contributed by atoms with Gasteiger partial charge in [-0.25, -0.2) is 0 Å². The lowest BCUT2D eigenvalue weighted by Crippen LogP contribution is -2.49. The van der Waals surface area contributed by atoms with E-state index in [-0.39, 0.29) is 5.91 Å². The van der Waals surface area contributed by atoms with E-state index in [2.05, 4.69) is 15.1 Å². The van der Waals surface area contributed by atoms with Crippen molar-refractivity contribution >= 4 is 17.5 Å². The third kappa shape index (κ3) is 3.26. The van der Waals surface area contributed by atoms with Crippen LogP contribution in [0.2, 0.25) is 5.02 Å². The molecule has 0 saturated carbocycles. The molecule has 0 radical (unpaired) electrons. The number of aromatic nitrogens is 2. The van der Waals surface area contributed by atoms with Crippen molar-refractivity contribution in [3.63, 3.8) is 0 Å². The molecule has 2 rings (SSSR count). The number of likely N-dealkylation sites (N-methyl/N-ethyl adjacent to an activating group) is 1. The number of aromatic amines is 1. The molecule has 0 bridgehead atoms. The van der Waals surface area contributed by atoms with E-state index in [9.17, 15) is 4.79 Å². The number of H-pyrrole nitrogens is 1. The van der Waals surface area contributed by atoms with Crippen LogP contribution in [-0.4, -0.2) is 65.8 Å². The molecule has 1 atom stereocenters. The van der Waals surface area contributed by atoms with Crippen molar-refractivity contribution in [2.24, 2.45) is 0 Å². The minimum atomic E-state index is -0.400. The highest BCUT2D eigenvalue weighted by atomic mass is 35.5. The lowest BCUT2D eigenvalue weighted by atomic mass is 10.2. The topological polar surface area (TPSA) is 61.5 Å². The highest BCUT2D eigenvalue weighted by Crippen LogP contribution is 2.20. The van der Waals surface area contributed by atoms with Crippen LogP contribution < -0.4 is 0 Å². The number of nitrogens with one attached hydrogen (secondary N) is 1. The predicted octanol–water partition coefficient (Wildman–Crippen LogP) is 0.661. The molecule has 0 spiro atoms. The average molecular weight is 287 g/mol. The molecular formula is C12H19ClN4O2. The molecule has 1 aliphatic rings. The Balaban J connectivity index is 1.98. The van der Waals surface area contributed by atoms with Gasteiger partial charge in [-0.15, -0.1) is 0 Å². The number of hydrogen-bond donors (Lipinski definition) is 1. The lowest BCUT2D eigenvalue weighted by Gasteiger charge is -2.32. The van der Waals surface area contributed by atoms with Gasteiger partial charge in [0.15, 0.2) is 0 Å². The monoisotopic (exact) mass is 286 g/mol. The molecule has 106 valence electrons. The Kier molecular flexibility index (Phi) is 4.44. The van der Waals surface area contributed by atoms with Gasteiger partial charge in [-0.1, -0.05) is 11.6 Å².